The Hall–Kier alpha value is -1.72. The molecule has 0 aromatic rings. The van der Waals surface area contributed by atoms with Gasteiger partial charge in [0, 0.05) is 32.1 Å². The van der Waals surface area contributed by atoms with Crippen LogP contribution in [0.15, 0.2) is 0 Å². The second-order valence-corrected chi connectivity index (χ2v) is 7.85. The lowest BCUT2D eigenvalue weighted by Crippen LogP contribution is -2.39. The van der Waals surface area contributed by atoms with E-state index in [9.17, 15) is 24.3 Å². The Bertz CT molecular complexity index is 490. The van der Waals surface area contributed by atoms with Crippen molar-refractivity contribution in [2.75, 3.05) is 0 Å². The van der Waals surface area contributed by atoms with Crippen molar-refractivity contribution in [3.05, 3.63) is 0 Å². The van der Waals surface area contributed by atoms with Crippen LogP contribution >= 0.6 is 0 Å². The lowest BCUT2D eigenvalue weighted by atomic mass is 9.65. The summed E-state index contributed by atoms with van der Waals surface area (Å²) < 4.78 is 0. The van der Waals surface area contributed by atoms with E-state index in [0.717, 1.165) is 0 Å². The maximum absolute atomic E-state index is 12.0. The van der Waals surface area contributed by atoms with E-state index >= 15 is 0 Å². The zero-order valence-corrected chi connectivity index (χ0v) is 15.9. The molecule has 0 aromatic heterocycles. The quantitative estimate of drug-likeness (QED) is 0.457. The van der Waals surface area contributed by atoms with E-state index in [4.69, 9.17) is 5.11 Å². The van der Waals surface area contributed by atoms with Gasteiger partial charge in [-0.15, -0.1) is 0 Å². The molecule has 0 aromatic carbocycles. The van der Waals surface area contributed by atoms with Crippen LogP contribution in [0.4, 0.5) is 0 Å². The molecule has 144 valence electrons. The molecule has 0 radical (unpaired) electrons. The van der Waals surface area contributed by atoms with Crippen LogP contribution in [0.2, 0.25) is 0 Å². The van der Waals surface area contributed by atoms with Gasteiger partial charge in [0.1, 0.15) is 11.6 Å². The fraction of sp³-hybridized carbons (Fsp3) is 0.789. The molecule has 0 saturated heterocycles. The van der Waals surface area contributed by atoms with Gasteiger partial charge in [0.25, 0.3) is 0 Å². The molecule has 0 spiro atoms. The number of hydrogen-bond acceptors (Lipinski definition) is 4. The Morgan fingerprint density at radius 2 is 1.12 bits per heavy atom. The van der Waals surface area contributed by atoms with Crippen LogP contribution in [-0.2, 0) is 19.2 Å². The normalized spacial score (nSPS) is 12.0. The molecule has 0 heterocycles. The minimum absolute atomic E-state index is 0.0490. The fourth-order valence-electron chi connectivity index (χ4n) is 2.39. The first-order valence-electron chi connectivity index (χ1n) is 8.89. The van der Waals surface area contributed by atoms with E-state index in [1.807, 2.05) is 13.8 Å². The van der Waals surface area contributed by atoms with E-state index in [0.29, 0.717) is 51.4 Å². The Morgan fingerprint density at radius 1 is 0.680 bits per heavy atom. The molecule has 0 aliphatic heterocycles. The van der Waals surface area contributed by atoms with Gasteiger partial charge in [-0.25, -0.2) is 0 Å². The number of hydrogen-bond donors (Lipinski definition) is 2. The smallest absolute Gasteiger partial charge is 0.309 e. The minimum atomic E-state index is -0.917. The predicted molar refractivity (Wildman–Crippen MR) is 94.4 cm³/mol. The molecule has 0 aliphatic carbocycles. The lowest BCUT2D eigenvalue weighted by molar-refractivity contribution is -0.154. The summed E-state index contributed by atoms with van der Waals surface area (Å²) in [6.45, 7) is 7.05. The Balaban J connectivity index is 4.03. The third-order valence-electron chi connectivity index (χ3n) is 5.26. The second kappa shape index (κ2) is 10.3. The number of carbonyl (C=O) groups is 4. The summed E-state index contributed by atoms with van der Waals surface area (Å²) in [5, 5.41) is 17.8. The number of Topliss-reactive ketones (excluding diaryl/α,β-unsaturated/α-hetero) is 2. The van der Waals surface area contributed by atoms with E-state index in [2.05, 4.69) is 0 Å². The van der Waals surface area contributed by atoms with Crippen LogP contribution in [-0.4, -0.2) is 33.7 Å². The van der Waals surface area contributed by atoms with Crippen molar-refractivity contribution in [2.24, 2.45) is 10.8 Å². The first kappa shape index (κ1) is 23.3. The summed E-state index contributed by atoms with van der Waals surface area (Å²) in [6, 6.07) is 0. The molecule has 2 N–H and O–H groups in total. The van der Waals surface area contributed by atoms with Crippen molar-refractivity contribution in [3.63, 3.8) is 0 Å². The molecule has 0 bridgehead atoms. The molecule has 0 aliphatic rings. The maximum Gasteiger partial charge on any atom is 0.309 e. The lowest BCUT2D eigenvalue weighted by Gasteiger charge is -2.38. The van der Waals surface area contributed by atoms with Crippen molar-refractivity contribution in [3.8, 4) is 0 Å². The number of carboxylic acid groups (broad SMARTS) is 2. The number of ketones is 2. The number of carbonyl (C=O) groups excluding carboxylic acids is 2. The number of rotatable bonds is 14. The SMILES string of the molecule is CC(C)(CCC(=O)CCCC(=O)CCCCC(=O)O)C(C)(C)C(=O)O. The number of unbranched alkanes of at least 4 members (excludes halogenated alkanes) is 1. The van der Waals surface area contributed by atoms with E-state index < -0.39 is 22.8 Å². The molecule has 6 heteroatoms. The second-order valence-electron chi connectivity index (χ2n) is 7.85. The highest BCUT2D eigenvalue weighted by atomic mass is 16.4. The largest absolute Gasteiger partial charge is 0.481 e. The average Bonchev–Trinajstić information content (AvgIpc) is 2.49. The molecular formula is C19H32O6. The van der Waals surface area contributed by atoms with Crippen molar-refractivity contribution >= 4 is 23.5 Å². The van der Waals surface area contributed by atoms with Gasteiger partial charge in [-0.1, -0.05) is 13.8 Å². The van der Waals surface area contributed by atoms with Crippen molar-refractivity contribution in [2.45, 2.75) is 85.5 Å². The standard InChI is InChI=1S/C19H32O6/c1-18(2,19(3,4)17(24)25)13-12-15(21)10-7-9-14(20)8-5-6-11-16(22)23/h5-13H2,1-4H3,(H,22,23)(H,24,25). The molecule has 0 saturated carbocycles. The van der Waals surface area contributed by atoms with Crippen LogP contribution in [0.3, 0.4) is 0 Å². The van der Waals surface area contributed by atoms with Crippen LogP contribution < -0.4 is 0 Å². The highest BCUT2D eigenvalue weighted by Crippen LogP contribution is 2.42. The van der Waals surface area contributed by atoms with E-state index in [1.165, 1.54) is 0 Å². The van der Waals surface area contributed by atoms with Crippen molar-refractivity contribution < 1.29 is 29.4 Å². The summed E-state index contributed by atoms with van der Waals surface area (Å²) in [6.07, 6.45) is 3.47. The highest BCUT2D eigenvalue weighted by Gasteiger charge is 2.43. The molecule has 0 amide bonds. The van der Waals surface area contributed by atoms with Crippen molar-refractivity contribution in [1.82, 2.24) is 0 Å². The highest BCUT2D eigenvalue weighted by molar-refractivity contribution is 5.81. The van der Waals surface area contributed by atoms with Crippen LogP contribution in [0, 0.1) is 10.8 Å². The summed E-state index contributed by atoms with van der Waals surface area (Å²) in [5.74, 6) is -1.62. The van der Waals surface area contributed by atoms with Gasteiger partial charge >= 0.3 is 11.9 Å². The van der Waals surface area contributed by atoms with Gasteiger partial charge in [-0.3, -0.25) is 19.2 Å². The van der Waals surface area contributed by atoms with Gasteiger partial charge in [0.05, 0.1) is 5.41 Å². The predicted octanol–water partition coefficient (Wildman–Crippen LogP) is 3.86. The van der Waals surface area contributed by atoms with Gasteiger partial charge in [-0.05, 0) is 44.9 Å². The number of aliphatic carboxylic acids is 2. The summed E-state index contributed by atoms with van der Waals surface area (Å²) in [4.78, 5) is 45.4. The Morgan fingerprint density at radius 3 is 1.60 bits per heavy atom. The Kier molecular flexibility index (Phi) is 9.60. The maximum atomic E-state index is 12.0. The zero-order valence-electron chi connectivity index (χ0n) is 15.9. The molecule has 0 unspecified atom stereocenters. The average molecular weight is 356 g/mol. The minimum Gasteiger partial charge on any atom is -0.481 e. The van der Waals surface area contributed by atoms with Crippen molar-refractivity contribution in [1.29, 1.82) is 0 Å². The van der Waals surface area contributed by atoms with Crippen LogP contribution in [0.25, 0.3) is 0 Å². The molecule has 0 rings (SSSR count). The van der Waals surface area contributed by atoms with Gasteiger partial charge in [0.15, 0.2) is 0 Å². The third-order valence-corrected chi connectivity index (χ3v) is 5.26. The van der Waals surface area contributed by atoms with Gasteiger partial charge < -0.3 is 10.2 Å². The van der Waals surface area contributed by atoms with Gasteiger partial charge in [0.2, 0.25) is 0 Å². The van der Waals surface area contributed by atoms with Gasteiger partial charge in [-0.2, -0.15) is 0 Å². The van der Waals surface area contributed by atoms with E-state index in [-0.39, 0.29) is 18.0 Å². The molecular weight excluding hydrogens is 324 g/mol. The van der Waals surface area contributed by atoms with Crippen LogP contribution in [0.5, 0.6) is 0 Å². The Labute approximate surface area is 150 Å². The van der Waals surface area contributed by atoms with E-state index in [1.54, 1.807) is 13.8 Å². The first-order chi connectivity index (χ1) is 11.4. The molecule has 0 atom stereocenters. The molecule has 6 nitrogen and oxygen atoms in total. The van der Waals surface area contributed by atoms with Crippen LogP contribution in [0.1, 0.15) is 85.5 Å². The first-order valence-corrected chi connectivity index (χ1v) is 8.89. The summed E-state index contributed by atoms with van der Waals surface area (Å²) in [5.41, 5.74) is -1.42. The summed E-state index contributed by atoms with van der Waals surface area (Å²) in [7, 11) is 0. The fourth-order valence-corrected chi connectivity index (χ4v) is 2.39. The summed E-state index contributed by atoms with van der Waals surface area (Å²) >= 11 is 0. The molecule has 25 heavy (non-hydrogen) atoms. The zero-order chi connectivity index (χ0) is 19.7. The topological polar surface area (TPSA) is 109 Å². The monoisotopic (exact) mass is 356 g/mol. The third kappa shape index (κ3) is 8.79. The number of carboxylic acids is 2. The molecule has 0 fully saturated rings.